The Hall–Kier alpha value is -0.380. The van der Waals surface area contributed by atoms with Gasteiger partial charge in [-0.1, -0.05) is 6.08 Å². The van der Waals surface area contributed by atoms with E-state index < -0.39 is 0 Å². The number of piperidine rings is 1. The Labute approximate surface area is 105 Å². The van der Waals surface area contributed by atoms with Gasteiger partial charge in [-0.25, -0.2) is 0 Å². The van der Waals surface area contributed by atoms with Crippen LogP contribution in [0.1, 0.15) is 44.9 Å². The van der Waals surface area contributed by atoms with Crippen LogP contribution in [-0.4, -0.2) is 30.1 Å². The van der Waals surface area contributed by atoms with Crippen LogP contribution >= 0.6 is 0 Å². The van der Waals surface area contributed by atoms with E-state index in [9.17, 15) is 0 Å². The molecule has 98 valence electrons. The van der Waals surface area contributed by atoms with Gasteiger partial charge in [0, 0.05) is 18.1 Å². The molecule has 2 fully saturated rings. The molecule has 0 saturated carbocycles. The van der Waals surface area contributed by atoms with Gasteiger partial charge in [0.2, 0.25) is 0 Å². The highest BCUT2D eigenvalue weighted by atomic mass is 15.2. The van der Waals surface area contributed by atoms with Crippen LogP contribution in [0, 0.1) is 5.92 Å². The lowest BCUT2D eigenvalue weighted by molar-refractivity contribution is 0.109. The van der Waals surface area contributed by atoms with Gasteiger partial charge in [-0.2, -0.15) is 0 Å². The van der Waals surface area contributed by atoms with Crippen LogP contribution in [0.15, 0.2) is 12.7 Å². The average molecular weight is 237 g/mol. The molecular formula is C14H27N3. The summed E-state index contributed by atoms with van der Waals surface area (Å²) in [6, 6.07) is 2.13. The molecule has 0 aliphatic carbocycles. The highest BCUT2D eigenvalue weighted by molar-refractivity contribution is 4.96. The van der Waals surface area contributed by atoms with Gasteiger partial charge in [0.1, 0.15) is 0 Å². The number of unbranched alkanes of at least 4 members (excludes halogenated alkanes) is 1. The van der Waals surface area contributed by atoms with Crippen LogP contribution in [0.4, 0.5) is 0 Å². The van der Waals surface area contributed by atoms with Gasteiger partial charge in [-0.3, -0.25) is 11.3 Å². The third-order valence-electron chi connectivity index (χ3n) is 4.84. The summed E-state index contributed by atoms with van der Waals surface area (Å²) in [6.07, 6.45) is 11.0. The molecule has 0 aromatic rings. The van der Waals surface area contributed by atoms with Crippen molar-refractivity contribution in [2.24, 2.45) is 11.8 Å². The Morgan fingerprint density at radius 3 is 2.59 bits per heavy atom. The van der Waals surface area contributed by atoms with E-state index in [4.69, 9.17) is 5.84 Å². The lowest BCUT2D eigenvalue weighted by atomic mass is 9.83. The summed E-state index contributed by atoms with van der Waals surface area (Å²) >= 11 is 0. The van der Waals surface area contributed by atoms with Crippen molar-refractivity contribution in [2.75, 3.05) is 7.05 Å². The molecule has 0 radical (unpaired) electrons. The molecule has 0 amide bonds. The molecule has 0 aromatic heterocycles. The summed E-state index contributed by atoms with van der Waals surface area (Å²) in [4.78, 5) is 2.59. The zero-order valence-corrected chi connectivity index (χ0v) is 11.1. The number of hydrogen-bond donors (Lipinski definition) is 2. The first-order chi connectivity index (χ1) is 8.26. The van der Waals surface area contributed by atoms with Gasteiger partial charge < -0.3 is 4.90 Å². The van der Waals surface area contributed by atoms with Crippen molar-refractivity contribution >= 4 is 0 Å². The van der Waals surface area contributed by atoms with Crippen molar-refractivity contribution in [3.8, 4) is 0 Å². The second kappa shape index (κ2) is 5.98. The van der Waals surface area contributed by atoms with Gasteiger partial charge in [-0.05, 0) is 57.9 Å². The molecule has 2 bridgehead atoms. The fourth-order valence-corrected chi connectivity index (χ4v) is 3.72. The highest BCUT2D eigenvalue weighted by Crippen LogP contribution is 2.39. The minimum Gasteiger partial charge on any atom is -0.300 e. The smallest absolute Gasteiger partial charge is 0.0240 e. The molecule has 0 aromatic carbocycles. The number of nitrogens with one attached hydrogen (secondary N) is 1. The second-order valence-corrected chi connectivity index (χ2v) is 5.77. The van der Waals surface area contributed by atoms with Gasteiger partial charge in [0.05, 0.1) is 0 Å². The molecule has 0 spiro atoms. The van der Waals surface area contributed by atoms with E-state index in [1.54, 1.807) is 0 Å². The van der Waals surface area contributed by atoms with Gasteiger partial charge in [-0.15, -0.1) is 6.58 Å². The van der Waals surface area contributed by atoms with Crippen LogP contribution < -0.4 is 11.3 Å². The minimum absolute atomic E-state index is 0.506. The van der Waals surface area contributed by atoms with Crippen LogP contribution in [0.2, 0.25) is 0 Å². The summed E-state index contributed by atoms with van der Waals surface area (Å²) in [5.74, 6) is 6.52. The fourth-order valence-electron chi connectivity index (χ4n) is 3.72. The standard InChI is InChI=1S/C14H27N3/c1-3-4-5-6-14(16-15)11-9-12-7-8-13(10-11)17(12)2/h3,11-14,16H,1,4-10,15H2,2H3. The second-order valence-electron chi connectivity index (χ2n) is 5.77. The molecule has 2 aliphatic heterocycles. The van der Waals surface area contributed by atoms with E-state index >= 15 is 0 Å². The number of allylic oxidation sites excluding steroid dienone is 1. The molecule has 2 saturated heterocycles. The summed E-state index contributed by atoms with van der Waals surface area (Å²) in [5.41, 5.74) is 3.06. The van der Waals surface area contributed by atoms with Gasteiger partial charge in [0.25, 0.3) is 0 Å². The topological polar surface area (TPSA) is 41.3 Å². The monoisotopic (exact) mass is 237 g/mol. The molecule has 2 heterocycles. The third-order valence-corrected chi connectivity index (χ3v) is 4.84. The first-order valence-electron chi connectivity index (χ1n) is 7.05. The Morgan fingerprint density at radius 2 is 2.06 bits per heavy atom. The van der Waals surface area contributed by atoms with E-state index in [0.717, 1.165) is 24.4 Å². The molecule has 2 aliphatic rings. The van der Waals surface area contributed by atoms with Crippen molar-refractivity contribution < 1.29 is 0 Å². The van der Waals surface area contributed by atoms with Crippen molar-refractivity contribution in [3.63, 3.8) is 0 Å². The molecule has 3 unspecified atom stereocenters. The van der Waals surface area contributed by atoms with Crippen LogP contribution in [0.25, 0.3) is 0 Å². The SMILES string of the molecule is C=CCCCC(NN)C1CC2CCC(C1)N2C. The van der Waals surface area contributed by atoms with E-state index in [1.165, 1.54) is 38.5 Å². The zero-order chi connectivity index (χ0) is 12.3. The van der Waals surface area contributed by atoms with E-state index in [1.807, 2.05) is 6.08 Å². The maximum Gasteiger partial charge on any atom is 0.0240 e. The largest absolute Gasteiger partial charge is 0.300 e. The van der Waals surface area contributed by atoms with Gasteiger partial charge >= 0.3 is 0 Å². The highest BCUT2D eigenvalue weighted by Gasteiger charge is 2.40. The van der Waals surface area contributed by atoms with Crippen molar-refractivity contribution in [1.29, 1.82) is 0 Å². The number of fused-ring (bicyclic) bond motifs is 2. The van der Waals surface area contributed by atoms with Crippen molar-refractivity contribution in [2.45, 2.75) is 63.1 Å². The summed E-state index contributed by atoms with van der Waals surface area (Å²) < 4.78 is 0. The predicted molar refractivity (Wildman–Crippen MR) is 72.5 cm³/mol. The summed E-state index contributed by atoms with van der Waals surface area (Å²) in [7, 11) is 2.29. The van der Waals surface area contributed by atoms with E-state index in [-0.39, 0.29) is 0 Å². The molecule has 3 heteroatoms. The first-order valence-corrected chi connectivity index (χ1v) is 7.05. The summed E-state index contributed by atoms with van der Waals surface area (Å²) in [6.45, 7) is 3.78. The maximum atomic E-state index is 5.74. The lowest BCUT2D eigenvalue weighted by Gasteiger charge is -2.39. The number of hydrazine groups is 1. The first kappa shape index (κ1) is 13.1. The Balaban J connectivity index is 1.86. The molecule has 3 nitrogen and oxygen atoms in total. The molecular weight excluding hydrogens is 210 g/mol. The Kier molecular flexibility index (Phi) is 4.60. The molecule has 2 rings (SSSR count). The minimum atomic E-state index is 0.506. The molecule has 3 N–H and O–H groups in total. The van der Waals surface area contributed by atoms with Crippen LogP contribution in [0.3, 0.4) is 0 Å². The number of nitrogens with zero attached hydrogens (tertiary/aromatic N) is 1. The van der Waals surface area contributed by atoms with Crippen LogP contribution in [0.5, 0.6) is 0 Å². The number of nitrogens with two attached hydrogens (primary N) is 1. The third kappa shape index (κ3) is 2.90. The Morgan fingerprint density at radius 1 is 1.41 bits per heavy atom. The molecule has 3 atom stereocenters. The van der Waals surface area contributed by atoms with Crippen molar-refractivity contribution in [1.82, 2.24) is 10.3 Å². The quantitative estimate of drug-likeness (QED) is 0.321. The lowest BCUT2D eigenvalue weighted by Crippen LogP contribution is -2.48. The van der Waals surface area contributed by atoms with Gasteiger partial charge in [0.15, 0.2) is 0 Å². The number of rotatable bonds is 6. The predicted octanol–water partition coefficient (Wildman–Crippen LogP) is 2.05. The van der Waals surface area contributed by atoms with E-state index in [0.29, 0.717) is 6.04 Å². The zero-order valence-electron chi connectivity index (χ0n) is 11.1. The fraction of sp³-hybridized carbons (Fsp3) is 0.857. The maximum absolute atomic E-state index is 5.74. The Bertz CT molecular complexity index is 240. The average Bonchev–Trinajstić information content (AvgIpc) is 2.56. The van der Waals surface area contributed by atoms with Crippen molar-refractivity contribution in [3.05, 3.63) is 12.7 Å². The normalized spacial score (nSPS) is 34.8. The molecule has 17 heavy (non-hydrogen) atoms. The van der Waals surface area contributed by atoms with E-state index in [2.05, 4.69) is 24.0 Å². The summed E-state index contributed by atoms with van der Waals surface area (Å²) in [5, 5.41) is 0. The van der Waals surface area contributed by atoms with Crippen LogP contribution in [-0.2, 0) is 0 Å². The number of hydrogen-bond acceptors (Lipinski definition) is 3.